The maximum absolute atomic E-state index is 12.0. The first-order valence-corrected chi connectivity index (χ1v) is 5.73. The molecule has 0 saturated carbocycles. The van der Waals surface area contributed by atoms with E-state index in [-0.39, 0.29) is 23.3 Å². The summed E-state index contributed by atoms with van der Waals surface area (Å²) in [6.07, 6.45) is 6.52. The third-order valence-corrected chi connectivity index (χ3v) is 2.03. The van der Waals surface area contributed by atoms with Crippen molar-refractivity contribution in [2.45, 2.75) is 26.3 Å². The molecule has 1 rings (SSSR count). The highest BCUT2D eigenvalue weighted by atomic mass is 35.5. The monoisotopic (exact) mass is 266 g/mol. The highest BCUT2D eigenvalue weighted by Gasteiger charge is 2.19. The van der Waals surface area contributed by atoms with Crippen LogP contribution in [0.3, 0.4) is 0 Å². The number of nitrogens with one attached hydrogen (secondary N) is 2. The Hall–Kier alpha value is -1.80. The summed E-state index contributed by atoms with van der Waals surface area (Å²) in [5, 5.41) is 5.71. The van der Waals surface area contributed by atoms with E-state index in [4.69, 9.17) is 18.0 Å². The molecule has 1 amide bonds. The standard InChI is InChI=1S/C12H15ClN4O/c1-5-6-14-9-8(7-15-11(13)16-9)10(18)17-12(2,3)4/h1,7H,6H2,2-4H3,(H,17,18)(H,14,15,16). The van der Waals surface area contributed by atoms with Crippen LogP contribution in [0.4, 0.5) is 5.82 Å². The molecule has 96 valence electrons. The van der Waals surface area contributed by atoms with Gasteiger partial charge in [0, 0.05) is 11.7 Å². The van der Waals surface area contributed by atoms with Gasteiger partial charge in [-0.3, -0.25) is 4.79 Å². The molecule has 6 heteroatoms. The van der Waals surface area contributed by atoms with Crippen LogP contribution >= 0.6 is 11.6 Å². The predicted octanol–water partition coefficient (Wildman–Crippen LogP) is 1.70. The summed E-state index contributed by atoms with van der Waals surface area (Å²) < 4.78 is 0. The van der Waals surface area contributed by atoms with Gasteiger partial charge in [0.15, 0.2) is 0 Å². The highest BCUT2D eigenvalue weighted by molar-refractivity contribution is 6.28. The fraction of sp³-hybridized carbons (Fsp3) is 0.417. The predicted molar refractivity (Wildman–Crippen MR) is 71.6 cm³/mol. The molecule has 0 saturated heterocycles. The van der Waals surface area contributed by atoms with Crippen LogP contribution in [0.1, 0.15) is 31.1 Å². The Morgan fingerprint density at radius 3 is 2.78 bits per heavy atom. The molecule has 0 aliphatic carbocycles. The smallest absolute Gasteiger partial charge is 0.257 e. The second-order valence-electron chi connectivity index (χ2n) is 4.66. The van der Waals surface area contributed by atoms with Gasteiger partial charge in [-0.2, -0.15) is 4.98 Å². The number of rotatable bonds is 3. The number of nitrogens with zero attached hydrogens (tertiary/aromatic N) is 2. The summed E-state index contributed by atoms with van der Waals surface area (Å²) in [5.41, 5.74) is -0.0373. The van der Waals surface area contributed by atoms with Crippen molar-refractivity contribution in [3.05, 3.63) is 17.0 Å². The summed E-state index contributed by atoms with van der Waals surface area (Å²) in [5.74, 6) is 2.45. The van der Waals surface area contributed by atoms with Crippen LogP contribution in [0, 0.1) is 12.3 Å². The molecule has 18 heavy (non-hydrogen) atoms. The topological polar surface area (TPSA) is 66.9 Å². The quantitative estimate of drug-likeness (QED) is 0.646. The van der Waals surface area contributed by atoms with Crippen LogP contribution in [0.15, 0.2) is 6.20 Å². The number of halogens is 1. The summed E-state index contributed by atoms with van der Waals surface area (Å²) in [6.45, 7) is 5.91. The maximum atomic E-state index is 12.0. The molecule has 1 heterocycles. The summed E-state index contributed by atoms with van der Waals surface area (Å²) in [7, 11) is 0. The van der Waals surface area contributed by atoms with Gasteiger partial charge < -0.3 is 10.6 Å². The lowest BCUT2D eigenvalue weighted by molar-refractivity contribution is 0.0919. The molecule has 1 aromatic rings. The Labute approximate surface area is 111 Å². The molecule has 0 atom stereocenters. The average Bonchev–Trinajstić information content (AvgIpc) is 2.23. The zero-order valence-electron chi connectivity index (χ0n) is 10.5. The number of amides is 1. The van der Waals surface area contributed by atoms with E-state index >= 15 is 0 Å². The number of carbonyl (C=O) groups is 1. The highest BCUT2D eigenvalue weighted by Crippen LogP contribution is 2.15. The van der Waals surface area contributed by atoms with E-state index in [1.54, 1.807) is 0 Å². The lowest BCUT2D eigenvalue weighted by atomic mass is 10.1. The molecule has 0 unspecified atom stereocenters. The lowest BCUT2D eigenvalue weighted by Crippen LogP contribution is -2.41. The molecule has 0 aliphatic rings. The van der Waals surface area contributed by atoms with Crippen LogP contribution in [0.5, 0.6) is 0 Å². The van der Waals surface area contributed by atoms with Crippen molar-refractivity contribution in [1.82, 2.24) is 15.3 Å². The van der Waals surface area contributed by atoms with Crippen molar-refractivity contribution in [3.63, 3.8) is 0 Å². The zero-order chi connectivity index (χ0) is 13.8. The zero-order valence-corrected chi connectivity index (χ0v) is 11.3. The number of carbonyl (C=O) groups excluding carboxylic acids is 1. The van der Waals surface area contributed by atoms with Crippen molar-refractivity contribution < 1.29 is 4.79 Å². The normalized spacial score (nSPS) is 10.6. The third kappa shape index (κ3) is 4.22. The Morgan fingerprint density at radius 1 is 1.56 bits per heavy atom. The van der Waals surface area contributed by atoms with E-state index in [0.29, 0.717) is 11.4 Å². The van der Waals surface area contributed by atoms with Crippen molar-refractivity contribution in [2.75, 3.05) is 11.9 Å². The molecular formula is C12H15ClN4O. The van der Waals surface area contributed by atoms with Gasteiger partial charge in [0.2, 0.25) is 5.28 Å². The Kier molecular flexibility index (Phi) is 4.51. The van der Waals surface area contributed by atoms with Gasteiger partial charge in [0.1, 0.15) is 11.4 Å². The molecule has 0 radical (unpaired) electrons. The van der Waals surface area contributed by atoms with Gasteiger partial charge in [-0.25, -0.2) is 4.98 Å². The first-order valence-electron chi connectivity index (χ1n) is 5.36. The van der Waals surface area contributed by atoms with Gasteiger partial charge in [-0.1, -0.05) is 5.92 Å². The molecule has 1 aromatic heterocycles. The van der Waals surface area contributed by atoms with Crippen LogP contribution in [-0.4, -0.2) is 28.0 Å². The molecular weight excluding hydrogens is 252 g/mol. The van der Waals surface area contributed by atoms with Crippen molar-refractivity contribution >= 4 is 23.3 Å². The Bertz CT molecular complexity index is 488. The number of terminal acetylenes is 1. The van der Waals surface area contributed by atoms with Crippen LogP contribution < -0.4 is 10.6 Å². The van der Waals surface area contributed by atoms with Crippen LogP contribution in [0.25, 0.3) is 0 Å². The minimum absolute atomic E-state index is 0.0573. The largest absolute Gasteiger partial charge is 0.358 e. The second-order valence-corrected chi connectivity index (χ2v) is 5.00. The average molecular weight is 267 g/mol. The fourth-order valence-corrected chi connectivity index (χ4v) is 1.34. The fourth-order valence-electron chi connectivity index (χ4n) is 1.20. The number of hydrogen-bond donors (Lipinski definition) is 2. The maximum Gasteiger partial charge on any atom is 0.257 e. The summed E-state index contributed by atoms with van der Waals surface area (Å²) in [4.78, 5) is 19.8. The Morgan fingerprint density at radius 2 is 2.22 bits per heavy atom. The van der Waals surface area contributed by atoms with E-state index in [9.17, 15) is 4.79 Å². The third-order valence-electron chi connectivity index (χ3n) is 1.85. The van der Waals surface area contributed by atoms with E-state index in [2.05, 4.69) is 26.5 Å². The molecule has 0 aromatic carbocycles. The summed E-state index contributed by atoms with van der Waals surface area (Å²) >= 11 is 5.69. The van der Waals surface area contributed by atoms with E-state index in [0.717, 1.165) is 0 Å². The van der Waals surface area contributed by atoms with Gasteiger partial charge in [-0.05, 0) is 32.4 Å². The van der Waals surface area contributed by atoms with Gasteiger partial charge >= 0.3 is 0 Å². The van der Waals surface area contributed by atoms with Crippen molar-refractivity contribution in [1.29, 1.82) is 0 Å². The van der Waals surface area contributed by atoms with E-state index in [1.165, 1.54) is 6.20 Å². The molecule has 0 spiro atoms. The number of hydrogen-bond acceptors (Lipinski definition) is 4. The first-order chi connectivity index (χ1) is 8.33. The number of anilines is 1. The van der Waals surface area contributed by atoms with Gasteiger partial charge in [0.05, 0.1) is 6.54 Å². The van der Waals surface area contributed by atoms with Crippen LogP contribution in [-0.2, 0) is 0 Å². The molecule has 0 fully saturated rings. The molecule has 0 bridgehead atoms. The number of aromatic nitrogens is 2. The first kappa shape index (κ1) is 14.3. The Balaban J connectivity index is 3.00. The second kappa shape index (κ2) is 5.69. The summed E-state index contributed by atoms with van der Waals surface area (Å²) in [6, 6.07) is 0. The minimum atomic E-state index is -0.347. The van der Waals surface area contributed by atoms with E-state index in [1.807, 2.05) is 20.8 Å². The van der Waals surface area contributed by atoms with E-state index < -0.39 is 0 Å². The van der Waals surface area contributed by atoms with Crippen LogP contribution in [0.2, 0.25) is 5.28 Å². The molecule has 5 nitrogen and oxygen atoms in total. The van der Waals surface area contributed by atoms with Crippen molar-refractivity contribution in [3.8, 4) is 12.3 Å². The lowest BCUT2D eigenvalue weighted by Gasteiger charge is -2.21. The molecule has 2 N–H and O–H groups in total. The van der Waals surface area contributed by atoms with Gasteiger partial charge in [0.25, 0.3) is 5.91 Å². The van der Waals surface area contributed by atoms with Crippen molar-refractivity contribution in [2.24, 2.45) is 0 Å². The SMILES string of the molecule is C#CCNc1nc(Cl)ncc1C(=O)NC(C)(C)C. The minimum Gasteiger partial charge on any atom is -0.358 e. The molecule has 0 aliphatic heterocycles. The van der Waals surface area contributed by atoms with Gasteiger partial charge in [-0.15, -0.1) is 6.42 Å².